The number of benzene rings is 4. The normalized spacial score (nSPS) is 13.2. The molecule has 0 aromatic heterocycles. The van der Waals surface area contributed by atoms with E-state index >= 15 is 0 Å². The predicted octanol–water partition coefficient (Wildman–Crippen LogP) is 5.11. The molecule has 0 amide bonds. The minimum absolute atomic E-state index is 0.610. The maximum absolute atomic E-state index is 11.5. The summed E-state index contributed by atoms with van der Waals surface area (Å²) in [5.41, 5.74) is 2.32. The van der Waals surface area contributed by atoms with Gasteiger partial charge in [0, 0.05) is 0 Å². The van der Waals surface area contributed by atoms with Crippen LogP contribution in [0.2, 0.25) is 0 Å². The van der Waals surface area contributed by atoms with Gasteiger partial charge in [0.25, 0.3) is 0 Å². The molecule has 0 aliphatic carbocycles. The van der Waals surface area contributed by atoms with Crippen molar-refractivity contribution in [2.24, 2.45) is 0 Å². The molecule has 0 aliphatic heterocycles. The third-order valence-electron chi connectivity index (χ3n) is 6.24. The summed E-state index contributed by atoms with van der Waals surface area (Å²) in [6.45, 7) is 6.00. The summed E-state index contributed by atoms with van der Waals surface area (Å²) in [6, 6.07) is 42.9. The van der Waals surface area contributed by atoms with Gasteiger partial charge < -0.3 is 0 Å². The number of hydrogen-bond acceptors (Lipinski definition) is 1. The van der Waals surface area contributed by atoms with E-state index in [-0.39, 0.29) is 0 Å². The molecule has 0 saturated heterocycles. The molecule has 1 atom stereocenters. The molecule has 1 nitrogen and oxygen atoms in total. The van der Waals surface area contributed by atoms with Gasteiger partial charge in [-0.3, -0.25) is 0 Å². The quantitative estimate of drug-likeness (QED) is 0.269. The van der Waals surface area contributed by atoms with Crippen LogP contribution in [-0.2, 0) is 0 Å². The second-order valence-corrected chi connectivity index (χ2v) is 16.2. The molecule has 0 radical (unpaired) electrons. The molecule has 0 spiro atoms. The van der Waals surface area contributed by atoms with E-state index in [0.717, 1.165) is 9.97 Å². The van der Waals surface area contributed by atoms with Crippen molar-refractivity contribution in [3.63, 3.8) is 0 Å². The molecule has 4 aromatic carbocycles. The van der Waals surface area contributed by atoms with Crippen LogP contribution < -0.4 is 13.2 Å². The zero-order valence-electron chi connectivity index (χ0n) is 19.1. The number of aliphatic hydroxyl groups excluding tert-OH is 1. The van der Waals surface area contributed by atoms with Crippen LogP contribution in [0, 0.1) is 0 Å². The summed E-state index contributed by atoms with van der Waals surface area (Å²) in [6.07, 6.45) is 2.04. The van der Waals surface area contributed by atoms with Crippen molar-refractivity contribution in [2.45, 2.75) is 19.4 Å². The number of allylic oxidation sites excluding steroid dienone is 2. The SMILES string of the molecule is C=CC/C(=[C](\C(C)O)[Ge]([c]1ccccc1)([c]1ccccc1)[c]1ccccc1)c1ccccc1. The first-order chi connectivity index (χ1) is 16.2. The van der Waals surface area contributed by atoms with Crippen molar-refractivity contribution in [1.29, 1.82) is 0 Å². The van der Waals surface area contributed by atoms with Gasteiger partial charge in [-0.25, -0.2) is 0 Å². The van der Waals surface area contributed by atoms with E-state index in [1.54, 1.807) is 0 Å². The molecule has 2 heteroatoms. The Kier molecular flexibility index (Phi) is 7.44. The first kappa shape index (κ1) is 23.0. The summed E-state index contributed by atoms with van der Waals surface area (Å²) in [4.78, 5) is 0. The second-order valence-electron chi connectivity index (χ2n) is 8.28. The fraction of sp³-hybridized carbons (Fsp3) is 0.0968. The van der Waals surface area contributed by atoms with Crippen molar-refractivity contribution in [3.05, 3.63) is 144 Å². The average Bonchev–Trinajstić information content (AvgIpc) is 2.88. The van der Waals surface area contributed by atoms with E-state index in [4.69, 9.17) is 0 Å². The fourth-order valence-corrected chi connectivity index (χ4v) is 16.2. The Bertz CT molecular complexity index is 1100. The van der Waals surface area contributed by atoms with Crippen molar-refractivity contribution in [2.75, 3.05) is 0 Å². The van der Waals surface area contributed by atoms with E-state index in [9.17, 15) is 5.11 Å². The molecule has 164 valence electrons. The summed E-state index contributed by atoms with van der Waals surface area (Å²) >= 11 is -3.57. The number of rotatable bonds is 8. The van der Waals surface area contributed by atoms with Gasteiger partial charge in [0.15, 0.2) is 0 Å². The number of hydrogen-bond donors (Lipinski definition) is 1. The minimum atomic E-state index is -3.57. The van der Waals surface area contributed by atoms with Crippen LogP contribution in [0.15, 0.2) is 138 Å². The van der Waals surface area contributed by atoms with Gasteiger partial charge in [0.05, 0.1) is 0 Å². The molecule has 4 aromatic rings. The summed E-state index contributed by atoms with van der Waals surface area (Å²) in [5.74, 6) is 0. The van der Waals surface area contributed by atoms with Crippen LogP contribution in [-0.4, -0.2) is 24.5 Å². The Hall–Kier alpha value is -3.14. The second kappa shape index (κ2) is 10.7. The van der Waals surface area contributed by atoms with Gasteiger partial charge >= 0.3 is 201 Å². The van der Waals surface area contributed by atoms with Crippen LogP contribution >= 0.6 is 0 Å². The predicted molar refractivity (Wildman–Crippen MR) is 144 cm³/mol. The topological polar surface area (TPSA) is 20.2 Å². The summed E-state index contributed by atoms with van der Waals surface area (Å²) in [7, 11) is 0. The zero-order chi connectivity index (χ0) is 23.1. The Labute approximate surface area is 200 Å². The van der Waals surface area contributed by atoms with Gasteiger partial charge in [-0.2, -0.15) is 0 Å². The Morgan fingerprint density at radius 1 is 0.697 bits per heavy atom. The van der Waals surface area contributed by atoms with Crippen molar-refractivity contribution < 1.29 is 5.11 Å². The van der Waals surface area contributed by atoms with Crippen LogP contribution in [0.4, 0.5) is 0 Å². The monoisotopic (exact) mass is 492 g/mol. The van der Waals surface area contributed by atoms with Crippen molar-refractivity contribution in [1.82, 2.24) is 0 Å². The molecule has 0 fully saturated rings. The van der Waals surface area contributed by atoms with E-state index in [1.807, 2.05) is 19.1 Å². The molecule has 4 rings (SSSR count). The van der Waals surface area contributed by atoms with Crippen molar-refractivity contribution >= 4 is 32.0 Å². The van der Waals surface area contributed by atoms with Gasteiger partial charge in [-0.05, 0) is 0 Å². The Morgan fingerprint density at radius 3 is 1.39 bits per heavy atom. The molecule has 0 heterocycles. The van der Waals surface area contributed by atoms with Gasteiger partial charge in [-0.1, -0.05) is 0 Å². The maximum atomic E-state index is 11.5. The van der Waals surface area contributed by atoms with Gasteiger partial charge in [-0.15, -0.1) is 0 Å². The van der Waals surface area contributed by atoms with Crippen LogP contribution in [0.25, 0.3) is 5.57 Å². The van der Waals surface area contributed by atoms with Crippen LogP contribution in [0.3, 0.4) is 0 Å². The number of aliphatic hydroxyl groups is 1. The molecule has 0 saturated carbocycles. The summed E-state index contributed by atoms with van der Waals surface area (Å²) in [5, 5.41) is 11.5. The van der Waals surface area contributed by atoms with Crippen molar-refractivity contribution in [3.8, 4) is 0 Å². The Balaban J connectivity index is 2.23. The Morgan fingerprint density at radius 2 is 1.06 bits per heavy atom. The van der Waals surface area contributed by atoms with Gasteiger partial charge in [0.1, 0.15) is 0 Å². The molecular formula is C31H30GeO. The summed E-state index contributed by atoms with van der Waals surface area (Å²) < 4.78 is 5.08. The molecule has 0 bridgehead atoms. The molecule has 0 aliphatic rings. The fourth-order valence-electron chi connectivity index (χ4n) is 4.99. The molecule has 33 heavy (non-hydrogen) atoms. The molecule has 1 unspecified atom stereocenters. The first-order valence-corrected chi connectivity index (χ1v) is 15.6. The zero-order valence-corrected chi connectivity index (χ0v) is 21.2. The van der Waals surface area contributed by atoms with E-state index < -0.39 is 19.4 Å². The first-order valence-electron chi connectivity index (χ1n) is 11.4. The third kappa shape index (κ3) is 4.52. The van der Waals surface area contributed by atoms with Crippen LogP contribution in [0.1, 0.15) is 18.9 Å². The van der Waals surface area contributed by atoms with Crippen LogP contribution in [0.5, 0.6) is 0 Å². The molecule has 1 N–H and O–H groups in total. The van der Waals surface area contributed by atoms with E-state index in [2.05, 4.69) is 122 Å². The van der Waals surface area contributed by atoms with Gasteiger partial charge in [0.2, 0.25) is 0 Å². The molecular weight excluding hydrogens is 461 g/mol. The van der Waals surface area contributed by atoms with E-state index in [1.165, 1.54) is 18.8 Å². The standard InChI is InChI=1S/C31H30GeO/c1-3-16-30(26-17-8-4-9-18-26)31(25(2)33)32(27-19-10-5-11-20-27,28-21-12-6-13-22-28)29-23-14-7-15-24-29/h3-15,17-25,33H,1,16H2,2H3/b31-30-. The third-order valence-corrected chi connectivity index (χ3v) is 17.0. The van der Waals surface area contributed by atoms with E-state index in [0.29, 0.717) is 6.42 Å². The average molecular weight is 491 g/mol.